The fourth-order valence-electron chi connectivity index (χ4n) is 2.35. The highest BCUT2D eigenvalue weighted by Gasteiger charge is 2.38. The van der Waals surface area contributed by atoms with E-state index in [0.717, 1.165) is 17.0 Å². The topological polar surface area (TPSA) is 66.5 Å². The van der Waals surface area contributed by atoms with Gasteiger partial charge in [-0.15, -0.1) is 11.3 Å². The molecule has 0 bridgehead atoms. The first kappa shape index (κ1) is 20.4. The van der Waals surface area contributed by atoms with Crippen molar-refractivity contribution in [1.29, 1.82) is 0 Å². The Morgan fingerprint density at radius 3 is 2.61 bits per heavy atom. The van der Waals surface area contributed by atoms with E-state index in [9.17, 15) is 27.6 Å². The van der Waals surface area contributed by atoms with Gasteiger partial charge in [-0.1, -0.05) is 23.7 Å². The largest absolute Gasteiger partial charge is 0.418 e. The number of para-hydroxylation sites is 1. The average molecular weight is 447 g/mol. The van der Waals surface area contributed by atoms with Gasteiger partial charge in [0.2, 0.25) is 5.91 Å². The lowest BCUT2D eigenvalue weighted by Gasteiger charge is -2.17. The average Bonchev–Trinajstić information content (AvgIpc) is 3.20. The van der Waals surface area contributed by atoms with Gasteiger partial charge in [-0.25, -0.2) is 0 Å². The van der Waals surface area contributed by atoms with Gasteiger partial charge < -0.3 is 5.32 Å². The number of hydrogen-bond acceptors (Lipinski definition) is 5. The van der Waals surface area contributed by atoms with Gasteiger partial charge in [0, 0.05) is 4.88 Å². The molecule has 5 nitrogen and oxygen atoms in total. The predicted molar refractivity (Wildman–Crippen MR) is 102 cm³/mol. The quantitative estimate of drug-likeness (QED) is 0.664. The van der Waals surface area contributed by atoms with Crippen LogP contribution in [0.4, 0.5) is 23.7 Å². The van der Waals surface area contributed by atoms with Crippen LogP contribution in [0.25, 0.3) is 6.08 Å². The van der Waals surface area contributed by atoms with E-state index < -0.39 is 41.0 Å². The molecule has 0 spiro atoms. The highest BCUT2D eigenvalue weighted by atomic mass is 35.5. The van der Waals surface area contributed by atoms with E-state index in [0.29, 0.717) is 16.7 Å². The first-order valence-corrected chi connectivity index (χ1v) is 9.68. The standard InChI is InChI=1S/C17H10ClF3N2O3S2/c18-11-5-1-4-10(17(19,20)21)14(11)22-13(24)8-23-15(25)12(28-16(23)26)7-9-3-2-6-27-9/h1-7H,8H2,(H,22,24)/b12-7-. The van der Waals surface area contributed by atoms with Crippen molar-refractivity contribution >= 4 is 63.5 Å². The molecule has 1 aromatic heterocycles. The van der Waals surface area contributed by atoms with Crippen LogP contribution < -0.4 is 5.32 Å². The van der Waals surface area contributed by atoms with Crippen LogP contribution in [-0.4, -0.2) is 28.5 Å². The van der Waals surface area contributed by atoms with E-state index in [1.807, 2.05) is 0 Å². The van der Waals surface area contributed by atoms with Crippen LogP contribution in [0.5, 0.6) is 0 Å². The Kier molecular flexibility index (Phi) is 5.82. The molecule has 0 aliphatic carbocycles. The summed E-state index contributed by atoms with van der Waals surface area (Å²) in [5.41, 5.74) is -1.75. The monoisotopic (exact) mass is 446 g/mol. The second-order valence-electron chi connectivity index (χ2n) is 5.49. The lowest BCUT2D eigenvalue weighted by molar-refractivity contribution is -0.137. The number of nitrogens with one attached hydrogen (secondary N) is 1. The predicted octanol–water partition coefficient (Wildman–Crippen LogP) is 5.10. The molecule has 0 unspecified atom stereocenters. The van der Waals surface area contributed by atoms with Gasteiger partial charge in [-0.05, 0) is 41.4 Å². The molecule has 3 rings (SSSR count). The summed E-state index contributed by atoms with van der Waals surface area (Å²) in [6, 6.07) is 6.59. The highest BCUT2D eigenvalue weighted by molar-refractivity contribution is 8.18. The molecule has 0 radical (unpaired) electrons. The van der Waals surface area contributed by atoms with E-state index in [1.54, 1.807) is 17.5 Å². The highest BCUT2D eigenvalue weighted by Crippen LogP contribution is 2.38. The Morgan fingerprint density at radius 2 is 1.96 bits per heavy atom. The molecule has 1 aliphatic rings. The number of anilines is 1. The number of benzene rings is 1. The summed E-state index contributed by atoms with van der Waals surface area (Å²) >= 11 is 7.80. The Balaban J connectivity index is 1.76. The number of carbonyl (C=O) groups is 3. The number of alkyl halides is 3. The van der Waals surface area contributed by atoms with Crippen LogP contribution in [0.3, 0.4) is 0 Å². The maximum Gasteiger partial charge on any atom is 0.418 e. The third-order valence-electron chi connectivity index (χ3n) is 3.58. The maximum absolute atomic E-state index is 13.1. The van der Waals surface area contributed by atoms with E-state index in [2.05, 4.69) is 5.32 Å². The number of rotatable bonds is 4. The Labute approximate surface area is 170 Å². The van der Waals surface area contributed by atoms with E-state index >= 15 is 0 Å². The molecule has 3 amide bonds. The minimum atomic E-state index is -4.74. The summed E-state index contributed by atoms with van der Waals surface area (Å²) in [5.74, 6) is -1.66. The third-order valence-corrected chi connectivity index (χ3v) is 5.62. The van der Waals surface area contributed by atoms with Crippen molar-refractivity contribution in [2.24, 2.45) is 0 Å². The summed E-state index contributed by atoms with van der Waals surface area (Å²) in [6.07, 6.45) is -3.22. The summed E-state index contributed by atoms with van der Waals surface area (Å²) in [5, 5.41) is 2.85. The number of imide groups is 1. The number of nitrogens with zero attached hydrogens (tertiary/aromatic N) is 1. The van der Waals surface area contributed by atoms with Crippen molar-refractivity contribution in [3.63, 3.8) is 0 Å². The first-order valence-electron chi connectivity index (χ1n) is 7.61. The fourth-order valence-corrected chi connectivity index (χ4v) is 4.13. The lowest BCUT2D eigenvalue weighted by Crippen LogP contribution is -2.36. The summed E-state index contributed by atoms with van der Waals surface area (Å²) in [6.45, 7) is -0.727. The van der Waals surface area contributed by atoms with Crippen LogP contribution >= 0.6 is 34.7 Å². The van der Waals surface area contributed by atoms with Crippen molar-refractivity contribution in [3.05, 3.63) is 56.1 Å². The van der Waals surface area contributed by atoms with Gasteiger partial charge in [-0.3, -0.25) is 19.3 Å². The summed E-state index contributed by atoms with van der Waals surface area (Å²) < 4.78 is 39.3. The van der Waals surface area contributed by atoms with Crippen molar-refractivity contribution in [3.8, 4) is 0 Å². The third kappa shape index (κ3) is 4.40. The molecule has 1 aliphatic heterocycles. The molecule has 1 saturated heterocycles. The Morgan fingerprint density at radius 1 is 1.21 bits per heavy atom. The van der Waals surface area contributed by atoms with Crippen LogP contribution in [0, 0.1) is 0 Å². The number of thiophene rings is 1. The molecule has 28 heavy (non-hydrogen) atoms. The van der Waals surface area contributed by atoms with Crippen molar-refractivity contribution in [1.82, 2.24) is 4.90 Å². The number of carbonyl (C=O) groups excluding carboxylic acids is 3. The van der Waals surface area contributed by atoms with Crippen LogP contribution in [0.15, 0.2) is 40.6 Å². The number of hydrogen-bond donors (Lipinski definition) is 1. The molecular weight excluding hydrogens is 437 g/mol. The number of halogens is 4. The molecule has 2 heterocycles. The SMILES string of the molecule is O=C(CN1C(=O)S/C(=C\c2cccs2)C1=O)Nc1c(Cl)cccc1C(F)(F)F. The summed E-state index contributed by atoms with van der Waals surface area (Å²) in [4.78, 5) is 38.2. The lowest BCUT2D eigenvalue weighted by atomic mass is 10.1. The van der Waals surface area contributed by atoms with Crippen molar-refractivity contribution in [2.45, 2.75) is 6.18 Å². The number of thioether (sulfide) groups is 1. The zero-order chi connectivity index (χ0) is 20.5. The van der Waals surface area contributed by atoms with Crippen LogP contribution in [-0.2, 0) is 15.8 Å². The van der Waals surface area contributed by atoms with Gasteiger partial charge in [0.1, 0.15) is 6.54 Å². The smallest absolute Gasteiger partial charge is 0.323 e. The second-order valence-corrected chi connectivity index (χ2v) is 7.87. The minimum absolute atomic E-state index is 0.133. The van der Waals surface area contributed by atoms with Gasteiger partial charge >= 0.3 is 6.18 Å². The molecule has 1 aromatic carbocycles. The zero-order valence-electron chi connectivity index (χ0n) is 13.7. The molecule has 1 fully saturated rings. The van der Waals surface area contributed by atoms with Crippen LogP contribution in [0.2, 0.25) is 5.02 Å². The Bertz CT molecular complexity index is 975. The van der Waals surface area contributed by atoms with Gasteiger partial charge in [0.25, 0.3) is 11.1 Å². The zero-order valence-corrected chi connectivity index (χ0v) is 16.1. The van der Waals surface area contributed by atoms with Gasteiger partial charge in [0.05, 0.1) is 21.2 Å². The first-order chi connectivity index (χ1) is 13.2. The molecule has 0 saturated carbocycles. The van der Waals surface area contributed by atoms with Gasteiger partial charge in [-0.2, -0.15) is 13.2 Å². The minimum Gasteiger partial charge on any atom is -0.323 e. The molecule has 1 N–H and O–H groups in total. The van der Waals surface area contributed by atoms with Gasteiger partial charge in [0.15, 0.2) is 0 Å². The molecule has 11 heteroatoms. The molecule has 146 valence electrons. The maximum atomic E-state index is 13.1. The van der Waals surface area contributed by atoms with E-state index in [1.165, 1.54) is 23.5 Å². The van der Waals surface area contributed by atoms with Crippen LogP contribution in [0.1, 0.15) is 10.4 Å². The summed E-state index contributed by atoms with van der Waals surface area (Å²) in [7, 11) is 0. The van der Waals surface area contributed by atoms with E-state index in [4.69, 9.17) is 11.6 Å². The van der Waals surface area contributed by atoms with E-state index in [-0.39, 0.29) is 9.93 Å². The number of amides is 3. The van der Waals surface area contributed by atoms with Crippen molar-refractivity contribution < 1.29 is 27.6 Å². The van der Waals surface area contributed by atoms with Crippen molar-refractivity contribution in [2.75, 3.05) is 11.9 Å². The molecule has 0 atom stereocenters. The second kappa shape index (κ2) is 7.98. The molecule has 2 aromatic rings. The Hall–Kier alpha value is -2.30. The molecular formula is C17H10ClF3N2O3S2. The fraction of sp³-hybridized carbons (Fsp3) is 0.118. The normalized spacial score (nSPS) is 16.1.